The maximum absolute atomic E-state index is 13.0. The standard InChI is InChI=1S/C21H16BrNO5/c22-19-11-10-18(28-19)21(25)27-13-20(24)23-15-8-4-5-9-17(15)26-12-16(23)14-6-2-1-3-7-14/h1-11,16H,12-13H2. The minimum atomic E-state index is -0.697. The molecule has 0 bridgehead atoms. The summed E-state index contributed by atoms with van der Waals surface area (Å²) in [5.41, 5.74) is 1.58. The van der Waals surface area contributed by atoms with Crippen molar-refractivity contribution in [3.8, 4) is 5.75 Å². The molecule has 0 fully saturated rings. The number of nitrogens with zero attached hydrogens (tertiary/aromatic N) is 1. The van der Waals surface area contributed by atoms with E-state index in [1.54, 1.807) is 11.0 Å². The van der Waals surface area contributed by atoms with Crippen LogP contribution in [0.25, 0.3) is 0 Å². The maximum atomic E-state index is 13.0. The second-order valence-electron chi connectivity index (χ2n) is 6.15. The number of amides is 1. The van der Waals surface area contributed by atoms with Crippen molar-refractivity contribution in [1.29, 1.82) is 0 Å². The van der Waals surface area contributed by atoms with E-state index < -0.39 is 12.6 Å². The van der Waals surface area contributed by atoms with E-state index in [1.165, 1.54) is 6.07 Å². The molecule has 0 N–H and O–H groups in total. The molecule has 3 aromatic rings. The van der Waals surface area contributed by atoms with Gasteiger partial charge in [0.05, 0.1) is 11.7 Å². The number of esters is 1. The highest BCUT2D eigenvalue weighted by atomic mass is 79.9. The number of carbonyl (C=O) groups is 2. The Labute approximate surface area is 169 Å². The third-order valence-electron chi connectivity index (χ3n) is 4.39. The monoisotopic (exact) mass is 441 g/mol. The Bertz CT molecular complexity index is 1000. The molecular weight excluding hydrogens is 426 g/mol. The Kier molecular flexibility index (Phi) is 5.16. The topological polar surface area (TPSA) is 69.0 Å². The summed E-state index contributed by atoms with van der Waals surface area (Å²) in [5.74, 6) is -0.397. The van der Waals surface area contributed by atoms with E-state index in [-0.39, 0.29) is 17.7 Å². The molecule has 0 spiro atoms. The summed E-state index contributed by atoms with van der Waals surface area (Å²) in [7, 11) is 0. The summed E-state index contributed by atoms with van der Waals surface area (Å²) < 4.78 is 16.6. The second-order valence-corrected chi connectivity index (χ2v) is 6.93. The lowest BCUT2D eigenvalue weighted by atomic mass is 10.0. The number of anilines is 1. The van der Waals surface area contributed by atoms with E-state index in [2.05, 4.69) is 15.9 Å². The van der Waals surface area contributed by atoms with E-state index in [4.69, 9.17) is 13.9 Å². The summed E-state index contributed by atoms with van der Waals surface area (Å²) in [6.45, 7) is -0.0966. The van der Waals surface area contributed by atoms with Gasteiger partial charge in [0.15, 0.2) is 11.3 Å². The molecule has 1 aromatic heterocycles. The smallest absolute Gasteiger partial charge is 0.374 e. The first-order valence-electron chi connectivity index (χ1n) is 8.65. The van der Waals surface area contributed by atoms with Crippen LogP contribution in [0.3, 0.4) is 0 Å². The van der Waals surface area contributed by atoms with Gasteiger partial charge in [0, 0.05) is 0 Å². The summed E-state index contributed by atoms with van der Waals surface area (Å²) in [6.07, 6.45) is 0. The second kappa shape index (κ2) is 7.90. The summed E-state index contributed by atoms with van der Waals surface area (Å²) in [5, 5.41) is 0. The highest BCUT2D eigenvalue weighted by molar-refractivity contribution is 9.10. The van der Waals surface area contributed by atoms with Crippen LogP contribution in [0.15, 0.2) is 75.8 Å². The summed E-state index contributed by atoms with van der Waals surface area (Å²) in [4.78, 5) is 26.8. The molecule has 28 heavy (non-hydrogen) atoms. The third kappa shape index (κ3) is 3.66. The van der Waals surface area contributed by atoms with E-state index in [9.17, 15) is 9.59 Å². The van der Waals surface area contributed by atoms with Crippen molar-refractivity contribution in [1.82, 2.24) is 0 Å². The predicted octanol–water partition coefficient (Wildman–Crippen LogP) is 4.37. The van der Waals surface area contributed by atoms with Crippen LogP contribution in [0.5, 0.6) is 5.75 Å². The van der Waals surface area contributed by atoms with Gasteiger partial charge in [-0.1, -0.05) is 42.5 Å². The molecule has 1 amide bonds. The Balaban J connectivity index is 1.58. The first-order chi connectivity index (χ1) is 13.6. The molecule has 1 atom stereocenters. The molecular formula is C21H16BrNO5. The maximum Gasteiger partial charge on any atom is 0.374 e. The number of furan rings is 1. The fourth-order valence-electron chi connectivity index (χ4n) is 3.11. The minimum Gasteiger partial charge on any atom is -0.489 e. The first-order valence-corrected chi connectivity index (χ1v) is 9.44. The highest BCUT2D eigenvalue weighted by Gasteiger charge is 2.33. The van der Waals surface area contributed by atoms with E-state index in [0.717, 1.165) is 5.56 Å². The lowest BCUT2D eigenvalue weighted by molar-refractivity contribution is -0.122. The average molecular weight is 442 g/mol. The molecule has 1 unspecified atom stereocenters. The number of carbonyl (C=O) groups excluding carboxylic acids is 2. The van der Waals surface area contributed by atoms with Crippen molar-refractivity contribution in [2.24, 2.45) is 0 Å². The van der Waals surface area contributed by atoms with Crippen molar-refractivity contribution in [3.63, 3.8) is 0 Å². The van der Waals surface area contributed by atoms with Gasteiger partial charge >= 0.3 is 5.97 Å². The van der Waals surface area contributed by atoms with Crippen LogP contribution >= 0.6 is 15.9 Å². The number of fused-ring (bicyclic) bond motifs is 1. The van der Waals surface area contributed by atoms with Crippen LogP contribution in [0.1, 0.15) is 22.2 Å². The highest BCUT2D eigenvalue weighted by Crippen LogP contribution is 2.39. The van der Waals surface area contributed by atoms with E-state index >= 15 is 0 Å². The van der Waals surface area contributed by atoms with E-state index in [1.807, 2.05) is 54.6 Å². The number of benzene rings is 2. The molecule has 0 radical (unpaired) electrons. The zero-order chi connectivity index (χ0) is 19.5. The molecule has 1 aliphatic heterocycles. The lowest BCUT2D eigenvalue weighted by Crippen LogP contribution is -2.43. The molecule has 1 aliphatic rings. The van der Waals surface area contributed by atoms with Gasteiger partial charge in [-0.2, -0.15) is 0 Å². The molecule has 6 nitrogen and oxygen atoms in total. The zero-order valence-electron chi connectivity index (χ0n) is 14.7. The zero-order valence-corrected chi connectivity index (χ0v) is 16.3. The SMILES string of the molecule is O=C(OCC(=O)N1c2ccccc2OCC1c1ccccc1)c1ccc(Br)o1. The molecule has 2 aromatic carbocycles. The average Bonchev–Trinajstić information content (AvgIpc) is 3.18. The largest absolute Gasteiger partial charge is 0.489 e. The number of halogens is 1. The first kappa shape index (κ1) is 18.3. The predicted molar refractivity (Wildman–Crippen MR) is 105 cm³/mol. The Hall–Kier alpha value is -3.06. The Morgan fingerprint density at radius 2 is 1.79 bits per heavy atom. The van der Waals surface area contributed by atoms with Crippen LogP contribution in [0, 0.1) is 0 Å². The number of rotatable bonds is 4. The summed E-state index contributed by atoms with van der Waals surface area (Å²) >= 11 is 3.13. The van der Waals surface area contributed by atoms with Gasteiger partial charge in [-0.05, 0) is 45.8 Å². The van der Waals surface area contributed by atoms with Gasteiger partial charge in [-0.25, -0.2) is 4.79 Å². The number of ether oxygens (including phenoxy) is 2. The Morgan fingerprint density at radius 1 is 1.04 bits per heavy atom. The van der Waals surface area contributed by atoms with Gasteiger partial charge in [0.2, 0.25) is 5.76 Å². The molecule has 2 heterocycles. The molecule has 142 valence electrons. The number of hydrogen-bond donors (Lipinski definition) is 0. The third-order valence-corrected chi connectivity index (χ3v) is 4.81. The minimum absolute atomic E-state index is 0.0293. The molecule has 0 aliphatic carbocycles. The van der Waals surface area contributed by atoms with Crippen LogP contribution < -0.4 is 9.64 Å². The van der Waals surface area contributed by atoms with Crippen molar-refractivity contribution in [2.45, 2.75) is 6.04 Å². The van der Waals surface area contributed by atoms with Gasteiger partial charge in [0.25, 0.3) is 5.91 Å². The number of hydrogen-bond acceptors (Lipinski definition) is 5. The molecule has 0 saturated heterocycles. The van der Waals surface area contributed by atoms with Gasteiger partial charge in [-0.3, -0.25) is 9.69 Å². The quantitative estimate of drug-likeness (QED) is 0.562. The fraction of sp³-hybridized carbons (Fsp3) is 0.143. The summed E-state index contributed by atoms with van der Waals surface area (Å²) in [6, 6.07) is 19.7. The Morgan fingerprint density at radius 3 is 2.54 bits per heavy atom. The fourth-order valence-corrected chi connectivity index (χ4v) is 3.42. The van der Waals surface area contributed by atoms with E-state index in [0.29, 0.717) is 22.7 Å². The van der Waals surface area contributed by atoms with Crippen LogP contribution in [-0.4, -0.2) is 25.1 Å². The molecule has 7 heteroatoms. The van der Waals surface area contributed by atoms with Gasteiger partial charge < -0.3 is 13.9 Å². The number of para-hydroxylation sites is 2. The van der Waals surface area contributed by atoms with Gasteiger partial charge in [-0.15, -0.1) is 0 Å². The van der Waals surface area contributed by atoms with Crippen molar-refractivity contribution >= 4 is 33.5 Å². The van der Waals surface area contributed by atoms with Crippen LogP contribution in [-0.2, 0) is 9.53 Å². The van der Waals surface area contributed by atoms with Crippen molar-refractivity contribution in [3.05, 3.63) is 82.7 Å². The lowest BCUT2D eigenvalue weighted by Gasteiger charge is -2.37. The molecule has 0 saturated carbocycles. The van der Waals surface area contributed by atoms with Crippen LogP contribution in [0.4, 0.5) is 5.69 Å². The van der Waals surface area contributed by atoms with Crippen molar-refractivity contribution in [2.75, 3.05) is 18.1 Å². The molecule has 4 rings (SSSR count). The van der Waals surface area contributed by atoms with Crippen molar-refractivity contribution < 1.29 is 23.5 Å². The van der Waals surface area contributed by atoms with Crippen LogP contribution in [0.2, 0.25) is 0 Å². The van der Waals surface area contributed by atoms with Gasteiger partial charge in [0.1, 0.15) is 12.4 Å². The normalized spacial score (nSPS) is 15.5.